The molecule has 1 aliphatic rings. The van der Waals surface area contributed by atoms with Gasteiger partial charge in [-0.2, -0.15) is 0 Å². The molecule has 0 radical (unpaired) electrons. The smallest absolute Gasteiger partial charge is 0.257 e. The number of aromatic nitrogens is 2. The summed E-state index contributed by atoms with van der Waals surface area (Å²) < 4.78 is 5.53. The number of carbonyl (C=O) groups excluding carboxylic acids is 1. The topological polar surface area (TPSA) is 71.3 Å². The fourth-order valence-electron chi connectivity index (χ4n) is 2.93. The Bertz CT molecular complexity index is 839. The molecule has 1 amide bonds. The van der Waals surface area contributed by atoms with Crippen LogP contribution >= 0.6 is 11.3 Å². The molecule has 1 aliphatic heterocycles. The molecule has 1 N–H and O–H groups in total. The van der Waals surface area contributed by atoms with Crippen molar-refractivity contribution in [2.45, 2.75) is 19.4 Å². The van der Waals surface area contributed by atoms with Gasteiger partial charge in [0.2, 0.25) is 0 Å². The zero-order valence-corrected chi connectivity index (χ0v) is 14.5. The molecule has 0 spiro atoms. The minimum Gasteiger partial charge on any atom is -0.463 e. The molecular weight excluding hydrogens is 336 g/mol. The van der Waals surface area contributed by atoms with Gasteiger partial charge in [0.15, 0.2) is 10.9 Å². The van der Waals surface area contributed by atoms with E-state index in [9.17, 15) is 4.79 Å². The fraction of sp³-hybridized carbons (Fsp3) is 0.278. The summed E-state index contributed by atoms with van der Waals surface area (Å²) in [5.74, 6) is 0.546. The number of carbonyl (C=O) groups is 1. The van der Waals surface area contributed by atoms with E-state index in [1.165, 1.54) is 24.2 Å². The average molecular weight is 354 g/mol. The summed E-state index contributed by atoms with van der Waals surface area (Å²) in [5, 5.41) is 3.47. The second-order valence-corrected chi connectivity index (χ2v) is 7.02. The summed E-state index contributed by atoms with van der Waals surface area (Å²) in [4.78, 5) is 24.4. The van der Waals surface area contributed by atoms with E-state index in [0.29, 0.717) is 10.7 Å². The van der Waals surface area contributed by atoms with Gasteiger partial charge in [-0.1, -0.05) is 11.3 Å². The van der Waals surface area contributed by atoms with E-state index in [0.717, 1.165) is 36.0 Å². The minimum absolute atomic E-state index is 0.185. The third-order valence-electron chi connectivity index (χ3n) is 4.18. The van der Waals surface area contributed by atoms with Crippen LogP contribution in [-0.2, 0) is 6.54 Å². The van der Waals surface area contributed by atoms with E-state index in [1.54, 1.807) is 30.8 Å². The Morgan fingerprint density at radius 3 is 2.76 bits per heavy atom. The molecule has 1 saturated heterocycles. The summed E-state index contributed by atoms with van der Waals surface area (Å²) in [7, 11) is 0. The number of thiazole rings is 1. The van der Waals surface area contributed by atoms with Gasteiger partial charge in [0.25, 0.3) is 5.91 Å². The predicted molar refractivity (Wildman–Crippen MR) is 96.5 cm³/mol. The van der Waals surface area contributed by atoms with Crippen LogP contribution in [0.3, 0.4) is 0 Å². The molecular formula is C18H18N4O2S. The number of pyridine rings is 1. The van der Waals surface area contributed by atoms with Gasteiger partial charge < -0.3 is 4.42 Å². The molecule has 7 heteroatoms. The molecule has 0 atom stereocenters. The average Bonchev–Trinajstić information content (AvgIpc) is 3.38. The summed E-state index contributed by atoms with van der Waals surface area (Å²) >= 11 is 1.51. The second kappa shape index (κ2) is 7.16. The Morgan fingerprint density at radius 1 is 1.24 bits per heavy atom. The van der Waals surface area contributed by atoms with Gasteiger partial charge in [-0.3, -0.25) is 20.0 Å². The van der Waals surface area contributed by atoms with Gasteiger partial charge in [-0.05, 0) is 50.2 Å². The minimum atomic E-state index is -0.185. The molecule has 6 nitrogen and oxygen atoms in total. The van der Waals surface area contributed by atoms with E-state index >= 15 is 0 Å². The van der Waals surface area contributed by atoms with Crippen LogP contribution in [0.5, 0.6) is 0 Å². The Balaban J connectivity index is 1.59. The molecule has 4 heterocycles. The first kappa shape index (κ1) is 16.0. The van der Waals surface area contributed by atoms with Crippen LogP contribution < -0.4 is 5.32 Å². The highest BCUT2D eigenvalue weighted by Crippen LogP contribution is 2.33. The highest BCUT2D eigenvalue weighted by Gasteiger charge is 2.21. The Labute approximate surface area is 149 Å². The van der Waals surface area contributed by atoms with Crippen LogP contribution in [0.4, 0.5) is 5.13 Å². The lowest BCUT2D eigenvalue weighted by molar-refractivity contribution is 0.102. The summed E-state index contributed by atoms with van der Waals surface area (Å²) in [6, 6.07) is 7.11. The van der Waals surface area contributed by atoms with Crippen LogP contribution in [0.1, 0.15) is 28.1 Å². The molecule has 0 aliphatic carbocycles. The Hall–Kier alpha value is -2.51. The maximum Gasteiger partial charge on any atom is 0.257 e. The van der Waals surface area contributed by atoms with E-state index in [-0.39, 0.29) is 5.91 Å². The maximum atomic E-state index is 12.4. The monoisotopic (exact) mass is 354 g/mol. The van der Waals surface area contributed by atoms with E-state index in [4.69, 9.17) is 4.42 Å². The number of hydrogen-bond acceptors (Lipinski definition) is 6. The molecule has 3 aromatic heterocycles. The third-order valence-corrected chi connectivity index (χ3v) is 5.14. The van der Waals surface area contributed by atoms with E-state index in [2.05, 4.69) is 20.2 Å². The third kappa shape index (κ3) is 3.62. The van der Waals surface area contributed by atoms with E-state index in [1.807, 2.05) is 12.1 Å². The summed E-state index contributed by atoms with van der Waals surface area (Å²) in [5.41, 5.74) is 1.37. The van der Waals surface area contributed by atoms with Gasteiger partial charge in [-0.15, -0.1) is 0 Å². The number of nitrogens with zero attached hydrogens (tertiary/aromatic N) is 3. The standard InChI is InChI=1S/C18H18N4O2S/c23-17(13-5-7-19-8-6-13)21-18-20-16(14-4-3-11-24-14)15(25-18)12-22-9-1-2-10-22/h3-8,11H,1-2,9-10,12H2,(H,20,21,23). The van der Waals surface area contributed by atoms with Crippen molar-refractivity contribution in [3.05, 3.63) is 53.4 Å². The molecule has 0 aromatic carbocycles. The van der Waals surface area contributed by atoms with Crippen LogP contribution in [0.15, 0.2) is 47.3 Å². The van der Waals surface area contributed by atoms with Crippen molar-refractivity contribution in [1.82, 2.24) is 14.9 Å². The zero-order chi connectivity index (χ0) is 17.1. The first-order valence-electron chi connectivity index (χ1n) is 8.27. The number of anilines is 1. The van der Waals surface area contributed by atoms with Gasteiger partial charge in [-0.25, -0.2) is 4.98 Å². The van der Waals surface area contributed by atoms with Gasteiger partial charge in [0.1, 0.15) is 5.69 Å². The number of likely N-dealkylation sites (tertiary alicyclic amines) is 1. The number of hydrogen-bond donors (Lipinski definition) is 1. The number of rotatable bonds is 5. The second-order valence-electron chi connectivity index (χ2n) is 5.94. The molecule has 4 rings (SSSR count). The van der Waals surface area contributed by atoms with Crippen molar-refractivity contribution in [2.75, 3.05) is 18.4 Å². The van der Waals surface area contributed by atoms with Crippen LogP contribution in [0.2, 0.25) is 0 Å². The Morgan fingerprint density at radius 2 is 2.04 bits per heavy atom. The van der Waals surface area contributed by atoms with Gasteiger partial charge >= 0.3 is 0 Å². The van der Waals surface area contributed by atoms with Crippen molar-refractivity contribution in [3.8, 4) is 11.5 Å². The largest absolute Gasteiger partial charge is 0.463 e. The van der Waals surface area contributed by atoms with Crippen molar-refractivity contribution in [3.63, 3.8) is 0 Å². The molecule has 25 heavy (non-hydrogen) atoms. The van der Waals surface area contributed by atoms with Crippen molar-refractivity contribution in [2.24, 2.45) is 0 Å². The lowest BCUT2D eigenvalue weighted by Crippen LogP contribution is -2.18. The molecule has 0 saturated carbocycles. The van der Waals surface area contributed by atoms with Gasteiger partial charge in [0.05, 0.1) is 11.1 Å². The van der Waals surface area contributed by atoms with Crippen molar-refractivity contribution < 1.29 is 9.21 Å². The van der Waals surface area contributed by atoms with Crippen LogP contribution in [-0.4, -0.2) is 33.9 Å². The molecule has 128 valence electrons. The lowest BCUT2D eigenvalue weighted by atomic mass is 10.2. The van der Waals surface area contributed by atoms with Crippen molar-refractivity contribution in [1.29, 1.82) is 0 Å². The first-order valence-corrected chi connectivity index (χ1v) is 9.08. The normalized spacial score (nSPS) is 14.7. The van der Waals surface area contributed by atoms with Crippen molar-refractivity contribution >= 4 is 22.4 Å². The maximum absolute atomic E-state index is 12.4. The summed E-state index contributed by atoms with van der Waals surface area (Å²) in [6.07, 6.45) is 7.32. The highest BCUT2D eigenvalue weighted by atomic mass is 32.1. The number of furan rings is 1. The molecule has 3 aromatic rings. The molecule has 0 unspecified atom stereocenters. The molecule has 1 fully saturated rings. The number of nitrogens with one attached hydrogen (secondary N) is 1. The first-order chi connectivity index (χ1) is 12.3. The van der Waals surface area contributed by atoms with Crippen LogP contribution in [0, 0.1) is 0 Å². The van der Waals surface area contributed by atoms with Crippen LogP contribution in [0.25, 0.3) is 11.5 Å². The molecule has 0 bridgehead atoms. The Kier molecular flexibility index (Phi) is 4.58. The van der Waals surface area contributed by atoms with E-state index < -0.39 is 0 Å². The highest BCUT2D eigenvalue weighted by molar-refractivity contribution is 7.16. The summed E-state index contributed by atoms with van der Waals surface area (Å²) in [6.45, 7) is 3.04. The van der Waals surface area contributed by atoms with Gasteiger partial charge in [0, 0.05) is 24.5 Å². The fourth-order valence-corrected chi connectivity index (χ4v) is 3.94. The zero-order valence-electron chi connectivity index (χ0n) is 13.6. The SMILES string of the molecule is O=C(Nc1nc(-c2ccco2)c(CN2CCCC2)s1)c1ccncc1. The predicted octanol–water partition coefficient (Wildman–Crippen LogP) is 3.65. The lowest BCUT2D eigenvalue weighted by Gasteiger charge is -2.13. The quantitative estimate of drug-likeness (QED) is 0.757. The number of amides is 1.